The Morgan fingerprint density at radius 3 is 1.76 bits per heavy atom. The molecule has 0 radical (unpaired) electrons. The van der Waals surface area contributed by atoms with E-state index in [2.05, 4.69) is 27.2 Å². The van der Waals surface area contributed by atoms with Crippen LogP contribution in [-0.2, 0) is 0 Å². The first-order chi connectivity index (χ1) is 7.76. The van der Waals surface area contributed by atoms with Gasteiger partial charge in [0.25, 0.3) is 0 Å². The van der Waals surface area contributed by atoms with Gasteiger partial charge in [-0.25, -0.2) is 0 Å². The molecule has 0 aliphatic rings. The maximum atomic E-state index is 9.75. The summed E-state index contributed by atoms with van der Waals surface area (Å²) < 4.78 is 39.0. The summed E-state index contributed by atoms with van der Waals surface area (Å²) in [5.41, 5.74) is 2.00. The zero-order valence-corrected chi connectivity index (χ0v) is 13.1. The molecule has 0 spiro atoms. The molecule has 0 aromatic rings. The van der Waals surface area contributed by atoms with Crippen molar-refractivity contribution in [2.75, 3.05) is 13.3 Å². The van der Waals surface area contributed by atoms with Crippen LogP contribution in [-0.4, -0.2) is 31.9 Å². The smallest absolute Gasteiger partial charge is 0.418 e. The molecule has 0 aliphatic heterocycles. The van der Waals surface area contributed by atoms with E-state index in [0.29, 0.717) is 0 Å². The van der Waals surface area contributed by atoms with Gasteiger partial charge in [-0.05, 0) is 31.1 Å². The number of halogens is 4. The van der Waals surface area contributed by atoms with E-state index in [-0.39, 0.29) is 0 Å². The molecule has 106 valence electrons. The van der Waals surface area contributed by atoms with Crippen LogP contribution in [0.5, 0.6) is 0 Å². The van der Waals surface area contributed by atoms with Gasteiger partial charge in [0.15, 0.2) is 0 Å². The fourth-order valence-corrected chi connectivity index (χ4v) is 4.02. The third-order valence-corrected chi connectivity index (χ3v) is 5.73. The van der Waals surface area contributed by atoms with Crippen molar-refractivity contribution in [2.45, 2.75) is 50.8 Å². The van der Waals surface area contributed by atoms with Crippen molar-refractivity contribution in [1.82, 2.24) is 0 Å². The van der Waals surface area contributed by atoms with Crippen LogP contribution in [0, 0.1) is 0 Å². The van der Waals surface area contributed by atoms with Crippen LogP contribution in [0.25, 0.3) is 0 Å². The Hall–Kier alpha value is 0.645. The molecule has 0 nitrogen and oxygen atoms in total. The Labute approximate surface area is 106 Å². The first kappa shape index (κ1) is 20.0. The van der Waals surface area contributed by atoms with Crippen LogP contribution >= 0.6 is 17.2 Å². The number of hydrogen-bond donors (Lipinski definition) is 0. The van der Waals surface area contributed by atoms with E-state index in [1.807, 2.05) is 0 Å². The highest BCUT2D eigenvalue weighted by Crippen LogP contribution is 2.32. The Bertz CT molecular complexity index is 161. The molecule has 0 amide bonds. The molecular weight excluding hydrogens is 269 g/mol. The minimum absolute atomic E-state index is 0.977. The second-order valence-electron chi connectivity index (χ2n) is 3.96. The van der Waals surface area contributed by atoms with Crippen LogP contribution < -0.4 is 0 Å². The maximum Gasteiger partial charge on any atom is 0.673 e. The number of hydrogen-bond acceptors (Lipinski definition) is 0. The lowest BCUT2D eigenvalue weighted by Gasteiger charge is -2.21. The van der Waals surface area contributed by atoms with Gasteiger partial charge in [-0.1, -0.05) is 33.1 Å². The van der Waals surface area contributed by atoms with Crippen LogP contribution in [0.4, 0.5) is 17.3 Å². The maximum absolute atomic E-state index is 9.75. The van der Waals surface area contributed by atoms with Crippen molar-refractivity contribution in [1.29, 1.82) is 0 Å². The Morgan fingerprint density at radius 2 is 1.47 bits per heavy atom. The van der Waals surface area contributed by atoms with Gasteiger partial charge < -0.3 is 17.3 Å². The molecule has 4 unspecified atom stereocenters. The van der Waals surface area contributed by atoms with Crippen LogP contribution in [0.15, 0.2) is 0 Å². The minimum Gasteiger partial charge on any atom is -0.418 e. The highest BCUT2D eigenvalue weighted by molar-refractivity contribution is 7.42. The predicted octanol–water partition coefficient (Wildman–Crippen LogP) is 5.24. The summed E-state index contributed by atoms with van der Waals surface area (Å²) in [4.78, 5) is 0. The first-order valence-electron chi connectivity index (χ1n) is 5.98. The molecule has 0 fully saturated rings. The van der Waals surface area contributed by atoms with Gasteiger partial charge >= 0.3 is 7.25 Å². The van der Waals surface area contributed by atoms with Crippen molar-refractivity contribution in [3.05, 3.63) is 0 Å². The summed E-state index contributed by atoms with van der Waals surface area (Å²) in [6.45, 7) is 9.42. The fraction of sp³-hybridized carbons (Fsp3) is 1.00. The molecule has 7 heteroatoms. The normalized spacial score (nSPS) is 16.2. The third-order valence-electron chi connectivity index (χ3n) is 2.55. The highest BCUT2D eigenvalue weighted by atomic mass is 31.1. The van der Waals surface area contributed by atoms with Crippen LogP contribution in [0.2, 0.25) is 0 Å². The zero-order valence-electron chi connectivity index (χ0n) is 11.1. The lowest BCUT2D eigenvalue weighted by atomic mass is 10.1. The summed E-state index contributed by atoms with van der Waals surface area (Å²) >= 11 is 0. The summed E-state index contributed by atoms with van der Waals surface area (Å²) in [5.74, 6) is 0. The van der Waals surface area contributed by atoms with E-state index in [1.165, 1.54) is 25.7 Å². The summed E-state index contributed by atoms with van der Waals surface area (Å²) in [5, 5.41) is 0. The average Bonchev–Trinajstić information content (AvgIpc) is 2.21. The van der Waals surface area contributed by atoms with Crippen LogP contribution in [0.3, 0.4) is 0 Å². The van der Waals surface area contributed by atoms with E-state index >= 15 is 0 Å². The minimum atomic E-state index is -6.00. The molecule has 0 rings (SSSR count). The summed E-state index contributed by atoms with van der Waals surface area (Å²) in [6.07, 6.45) is 5.73. The van der Waals surface area contributed by atoms with Crippen molar-refractivity contribution in [3.8, 4) is 0 Å². The second kappa shape index (κ2) is 11.7. The van der Waals surface area contributed by atoms with Crippen molar-refractivity contribution < 1.29 is 17.3 Å². The summed E-state index contributed by atoms with van der Waals surface area (Å²) in [6, 6.07) is 0. The molecule has 0 bridgehead atoms. The quantitative estimate of drug-likeness (QED) is 0.260. The molecule has 0 heterocycles. The van der Waals surface area contributed by atoms with Crippen molar-refractivity contribution in [3.63, 3.8) is 0 Å². The fourth-order valence-electron chi connectivity index (χ4n) is 1.46. The monoisotopic (exact) mass is 293 g/mol. The molecule has 0 saturated carbocycles. The molecule has 0 aromatic heterocycles. The predicted molar refractivity (Wildman–Crippen MR) is 76.1 cm³/mol. The SMILES string of the molecule is CCCCCC(PC)C(C)PC.F[B-](F)(F)F. The molecule has 0 saturated heterocycles. The van der Waals surface area contributed by atoms with E-state index in [1.54, 1.807) is 0 Å². The number of unbranched alkanes of at least 4 members (excludes halogenated alkanes) is 2. The molecular formula is C10H24BF4P2-. The molecule has 17 heavy (non-hydrogen) atoms. The van der Waals surface area contributed by atoms with Gasteiger partial charge in [0.05, 0.1) is 0 Å². The number of rotatable bonds is 7. The van der Waals surface area contributed by atoms with Gasteiger partial charge in [0.1, 0.15) is 0 Å². The second-order valence-corrected chi connectivity index (χ2v) is 6.77. The molecule has 0 aliphatic carbocycles. The van der Waals surface area contributed by atoms with Gasteiger partial charge in [0, 0.05) is 0 Å². The lowest BCUT2D eigenvalue weighted by Crippen LogP contribution is -2.13. The van der Waals surface area contributed by atoms with E-state index < -0.39 is 7.25 Å². The highest BCUT2D eigenvalue weighted by Gasteiger charge is 2.20. The third kappa shape index (κ3) is 19.2. The zero-order chi connectivity index (χ0) is 13.9. The Kier molecular flexibility index (Phi) is 13.8. The Balaban J connectivity index is 0. The van der Waals surface area contributed by atoms with Crippen molar-refractivity contribution >= 4 is 24.4 Å². The standard InChI is InChI=1S/C10H24P2.BF4/c1-5-6-7-8-10(12-4)9(2)11-3;2-1(3,4)5/h9-12H,5-8H2,1-4H3;/q;-1. The molecule has 0 N–H and O–H groups in total. The van der Waals surface area contributed by atoms with Gasteiger partial charge in [-0.3, -0.25) is 0 Å². The molecule has 4 atom stereocenters. The van der Waals surface area contributed by atoms with Gasteiger partial charge in [0.2, 0.25) is 0 Å². The van der Waals surface area contributed by atoms with E-state index in [4.69, 9.17) is 0 Å². The lowest BCUT2D eigenvalue weighted by molar-refractivity contribution is 0.368. The van der Waals surface area contributed by atoms with Gasteiger partial charge in [-0.15, -0.1) is 17.2 Å². The summed E-state index contributed by atoms with van der Waals surface area (Å²) in [7, 11) is -3.71. The van der Waals surface area contributed by atoms with Gasteiger partial charge in [-0.2, -0.15) is 0 Å². The van der Waals surface area contributed by atoms with E-state index in [9.17, 15) is 17.3 Å². The first-order valence-corrected chi connectivity index (χ1v) is 9.13. The van der Waals surface area contributed by atoms with Crippen molar-refractivity contribution in [2.24, 2.45) is 0 Å². The van der Waals surface area contributed by atoms with Crippen LogP contribution in [0.1, 0.15) is 39.5 Å². The topological polar surface area (TPSA) is 0 Å². The Morgan fingerprint density at radius 1 is 1.00 bits per heavy atom. The molecule has 0 aromatic carbocycles. The average molecular weight is 293 g/mol. The van der Waals surface area contributed by atoms with E-state index in [0.717, 1.165) is 28.5 Å². The largest absolute Gasteiger partial charge is 0.673 e.